The zero-order valence-electron chi connectivity index (χ0n) is 28.5. The van der Waals surface area contributed by atoms with Gasteiger partial charge in [-0.2, -0.15) is 13.2 Å². The number of ether oxygens (including phenoxy) is 2. The standard InChI is InChI=1S/C36H51F3N2O7/c1-33(2,40)22-35(5,34(3,4)41)32(45)47-18-8-11-29(44)28(43)10-7-17-46-25-14-13-24-20-31(48-30(24)21-25)26-15-12-23(9-6-16-42)19-27(26)36(37,38)39/h12-15,19-21,28-29,42-44H,6-11,16-18,22,40-41H2,1-5H3. The summed E-state index contributed by atoms with van der Waals surface area (Å²) in [5.74, 6) is 0.0628. The van der Waals surface area contributed by atoms with Gasteiger partial charge in [-0.3, -0.25) is 4.79 Å². The van der Waals surface area contributed by atoms with Gasteiger partial charge in [0.15, 0.2) is 0 Å². The highest BCUT2D eigenvalue weighted by atomic mass is 19.4. The quantitative estimate of drug-likeness (QED) is 0.0788. The van der Waals surface area contributed by atoms with Gasteiger partial charge in [-0.15, -0.1) is 0 Å². The Morgan fingerprint density at radius 2 is 1.54 bits per heavy atom. The number of furan rings is 1. The van der Waals surface area contributed by atoms with E-state index in [4.69, 9.17) is 30.5 Å². The maximum Gasteiger partial charge on any atom is 0.417 e. The Bertz CT molecular complexity index is 1490. The second-order valence-electron chi connectivity index (χ2n) is 14.1. The van der Waals surface area contributed by atoms with Crippen LogP contribution in [0.25, 0.3) is 22.3 Å². The molecule has 268 valence electrons. The number of aryl methyl sites for hydroxylation is 1. The number of nitrogens with two attached hydrogens (primary N) is 2. The van der Waals surface area contributed by atoms with E-state index >= 15 is 0 Å². The van der Waals surface area contributed by atoms with Gasteiger partial charge in [0.25, 0.3) is 0 Å². The highest BCUT2D eigenvalue weighted by Gasteiger charge is 2.48. The van der Waals surface area contributed by atoms with Crippen molar-refractivity contribution >= 4 is 16.9 Å². The molecule has 0 radical (unpaired) electrons. The molecule has 0 aliphatic carbocycles. The van der Waals surface area contributed by atoms with Crippen molar-refractivity contribution in [1.29, 1.82) is 0 Å². The van der Waals surface area contributed by atoms with Crippen LogP contribution >= 0.6 is 0 Å². The molecule has 1 heterocycles. The van der Waals surface area contributed by atoms with Crippen LogP contribution in [0.3, 0.4) is 0 Å². The summed E-state index contributed by atoms with van der Waals surface area (Å²) in [6, 6.07) is 10.6. The van der Waals surface area contributed by atoms with Crippen molar-refractivity contribution in [3.05, 3.63) is 53.6 Å². The van der Waals surface area contributed by atoms with E-state index in [1.165, 1.54) is 6.07 Å². The Morgan fingerprint density at radius 1 is 0.896 bits per heavy atom. The molecule has 12 heteroatoms. The van der Waals surface area contributed by atoms with Crippen LogP contribution in [0.2, 0.25) is 0 Å². The first-order valence-electron chi connectivity index (χ1n) is 16.3. The predicted molar refractivity (Wildman–Crippen MR) is 178 cm³/mol. The molecule has 3 aromatic rings. The molecule has 0 saturated carbocycles. The van der Waals surface area contributed by atoms with Crippen molar-refractivity contribution < 1.29 is 47.2 Å². The summed E-state index contributed by atoms with van der Waals surface area (Å²) in [4.78, 5) is 13.0. The molecule has 0 aliphatic rings. The topological polar surface area (TPSA) is 161 Å². The zero-order chi connectivity index (χ0) is 35.9. The second-order valence-corrected chi connectivity index (χ2v) is 14.1. The highest BCUT2D eigenvalue weighted by Crippen LogP contribution is 2.40. The molecule has 1 aromatic heterocycles. The number of hydrogen-bond donors (Lipinski definition) is 5. The molecule has 3 rings (SSSR count). The smallest absolute Gasteiger partial charge is 0.417 e. The molecular formula is C36H51F3N2O7. The van der Waals surface area contributed by atoms with Gasteiger partial charge in [0.1, 0.15) is 17.1 Å². The summed E-state index contributed by atoms with van der Waals surface area (Å²) in [7, 11) is 0. The van der Waals surface area contributed by atoms with E-state index in [-0.39, 0.29) is 44.0 Å². The van der Waals surface area contributed by atoms with Crippen LogP contribution in [0.15, 0.2) is 46.9 Å². The number of esters is 1. The third-order valence-electron chi connectivity index (χ3n) is 8.69. The Hall–Kier alpha value is -3.16. The van der Waals surface area contributed by atoms with E-state index in [9.17, 15) is 28.2 Å². The molecule has 0 aliphatic heterocycles. The van der Waals surface area contributed by atoms with Gasteiger partial charge in [0.2, 0.25) is 0 Å². The first-order valence-corrected chi connectivity index (χ1v) is 16.3. The van der Waals surface area contributed by atoms with E-state index in [0.717, 1.165) is 6.07 Å². The fourth-order valence-electron chi connectivity index (χ4n) is 5.67. The fraction of sp³-hybridized carbons (Fsp3) is 0.583. The predicted octanol–water partition coefficient (Wildman–Crippen LogP) is 6.12. The Morgan fingerprint density at radius 3 is 2.12 bits per heavy atom. The van der Waals surface area contributed by atoms with Crippen molar-refractivity contribution in [3.8, 4) is 17.1 Å². The van der Waals surface area contributed by atoms with E-state index in [1.54, 1.807) is 51.1 Å². The summed E-state index contributed by atoms with van der Waals surface area (Å²) < 4.78 is 58.8. The van der Waals surface area contributed by atoms with Gasteiger partial charge in [-0.1, -0.05) is 12.1 Å². The van der Waals surface area contributed by atoms with Gasteiger partial charge in [0.05, 0.1) is 36.4 Å². The lowest BCUT2D eigenvalue weighted by Crippen LogP contribution is -2.58. The average molecular weight is 681 g/mol. The van der Waals surface area contributed by atoms with Gasteiger partial charge in [-0.25, -0.2) is 0 Å². The third kappa shape index (κ3) is 10.7. The molecule has 3 unspecified atom stereocenters. The monoisotopic (exact) mass is 680 g/mol. The second kappa shape index (κ2) is 16.0. The van der Waals surface area contributed by atoms with Crippen molar-refractivity contribution in [2.24, 2.45) is 16.9 Å². The third-order valence-corrected chi connectivity index (χ3v) is 8.69. The first-order chi connectivity index (χ1) is 22.2. The number of carbonyl (C=O) groups excluding carboxylic acids is 1. The number of aliphatic hydroxyl groups is 3. The van der Waals surface area contributed by atoms with Gasteiger partial charge < -0.3 is 40.7 Å². The van der Waals surface area contributed by atoms with E-state index < -0.39 is 46.4 Å². The minimum absolute atomic E-state index is 0.0623. The normalized spacial score (nSPS) is 15.3. The molecule has 0 bridgehead atoms. The van der Waals surface area contributed by atoms with Gasteiger partial charge >= 0.3 is 12.1 Å². The number of benzene rings is 2. The van der Waals surface area contributed by atoms with Gasteiger partial charge in [0, 0.05) is 34.7 Å². The number of rotatable bonds is 18. The highest BCUT2D eigenvalue weighted by molar-refractivity contribution is 5.84. The molecule has 7 N–H and O–H groups in total. The molecule has 0 fully saturated rings. The summed E-state index contributed by atoms with van der Waals surface area (Å²) in [5.41, 5.74) is 9.90. The van der Waals surface area contributed by atoms with Crippen LogP contribution in [0, 0.1) is 5.41 Å². The van der Waals surface area contributed by atoms with Crippen LogP contribution in [-0.4, -0.2) is 64.4 Å². The SMILES string of the molecule is CC(C)(N)CC(C)(C(=O)OCCCC(O)C(O)CCCOc1ccc2cc(-c3ccc(CCCO)cc3C(F)(F)F)oc2c1)C(C)(C)N. The lowest BCUT2D eigenvalue weighted by molar-refractivity contribution is -0.160. The minimum Gasteiger partial charge on any atom is -0.493 e. The van der Waals surface area contributed by atoms with Crippen molar-refractivity contribution in [3.63, 3.8) is 0 Å². The fourth-order valence-corrected chi connectivity index (χ4v) is 5.67. The Balaban J connectivity index is 1.49. The Kier molecular flexibility index (Phi) is 13.1. The summed E-state index contributed by atoms with van der Waals surface area (Å²) in [6.45, 7) is 9.08. The van der Waals surface area contributed by atoms with Crippen LogP contribution in [-0.2, 0) is 22.1 Å². The molecule has 0 spiro atoms. The molecule has 9 nitrogen and oxygen atoms in total. The Labute approximate surface area is 280 Å². The molecule has 0 saturated heterocycles. The van der Waals surface area contributed by atoms with Crippen LogP contribution in [0.1, 0.15) is 84.3 Å². The maximum atomic E-state index is 13.9. The van der Waals surface area contributed by atoms with E-state index in [0.29, 0.717) is 54.4 Å². The van der Waals surface area contributed by atoms with Gasteiger partial charge in [-0.05, 0) is 109 Å². The van der Waals surface area contributed by atoms with E-state index in [2.05, 4.69) is 0 Å². The van der Waals surface area contributed by atoms with Crippen LogP contribution < -0.4 is 16.2 Å². The summed E-state index contributed by atoms with van der Waals surface area (Å²) >= 11 is 0. The molecular weight excluding hydrogens is 629 g/mol. The van der Waals surface area contributed by atoms with E-state index in [1.807, 2.05) is 13.8 Å². The number of carbonyl (C=O) groups is 1. The molecule has 48 heavy (non-hydrogen) atoms. The maximum absolute atomic E-state index is 13.9. The number of halogens is 3. The first kappa shape index (κ1) is 39.3. The molecule has 0 amide bonds. The van der Waals surface area contributed by atoms with Crippen LogP contribution in [0.5, 0.6) is 5.75 Å². The summed E-state index contributed by atoms with van der Waals surface area (Å²) in [5, 5.41) is 30.5. The van der Waals surface area contributed by atoms with Crippen molar-refractivity contribution in [1.82, 2.24) is 0 Å². The average Bonchev–Trinajstić information content (AvgIpc) is 3.41. The lowest BCUT2D eigenvalue weighted by atomic mass is 9.67. The lowest BCUT2D eigenvalue weighted by Gasteiger charge is -2.42. The molecule has 2 aromatic carbocycles. The zero-order valence-corrected chi connectivity index (χ0v) is 28.5. The van der Waals surface area contributed by atoms with Crippen LogP contribution in [0.4, 0.5) is 13.2 Å². The number of alkyl halides is 3. The van der Waals surface area contributed by atoms with Crippen molar-refractivity contribution in [2.75, 3.05) is 19.8 Å². The number of hydrogen-bond acceptors (Lipinski definition) is 9. The van der Waals surface area contributed by atoms with Crippen molar-refractivity contribution in [2.45, 2.75) is 109 Å². The summed E-state index contributed by atoms with van der Waals surface area (Å²) in [6.07, 6.45) is -4.35. The number of fused-ring (bicyclic) bond motifs is 1. The molecule has 3 atom stereocenters. The largest absolute Gasteiger partial charge is 0.493 e. The number of aliphatic hydroxyl groups excluding tert-OH is 3. The minimum atomic E-state index is -4.59.